The van der Waals surface area contributed by atoms with E-state index in [1.165, 1.54) is 43.4 Å². The quantitative estimate of drug-likeness (QED) is 0.850. The summed E-state index contributed by atoms with van der Waals surface area (Å²) >= 11 is 0. The monoisotopic (exact) mass is 314 g/mol. The first kappa shape index (κ1) is 14.9. The normalized spacial score (nSPS) is 22.6. The standard InChI is InChI=1S/C17H26N6/c1-13-15(9-19-21(13)2)11-22-8-4-3-5-16(22)17-20-18-12-23(17)10-14-6-7-14/h9,12,14,16H,3-8,10-11H2,1-2H3. The van der Waals surface area contributed by atoms with Crippen molar-refractivity contribution < 1.29 is 0 Å². The molecule has 0 radical (unpaired) electrons. The van der Waals surface area contributed by atoms with Crippen molar-refractivity contribution in [1.29, 1.82) is 0 Å². The van der Waals surface area contributed by atoms with Gasteiger partial charge in [-0.1, -0.05) is 6.42 Å². The lowest BCUT2D eigenvalue weighted by molar-refractivity contribution is 0.130. The maximum Gasteiger partial charge on any atom is 0.150 e. The van der Waals surface area contributed by atoms with Crippen LogP contribution in [0, 0.1) is 12.8 Å². The Hall–Kier alpha value is -1.69. The maximum atomic E-state index is 4.49. The van der Waals surface area contributed by atoms with Crippen molar-refractivity contribution in [3.8, 4) is 0 Å². The van der Waals surface area contributed by atoms with Crippen molar-refractivity contribution in [1.82, 2.24) is 29.4 Å². The Labute approximate surface area is 137 Å². The average molecular weight is 314 g/mol. The molecule has 4 rings (SSSR count). The Morgan fingerprint density at radius 2 is 2.09 bits per heavy atom. The number of rotatable bonds is 5. The zero-order valence-corrected chi connectivity index (χ0v) is 14.1. The molecule has 124 valence electrons. The number of hydrogen-bond acceptors (Lipinski definition) is 4. The molecule has 0 amide bonds. The third kappa shape index (κ3) is 3.04. The van der Waals surface area contributed by atoms with Crippen molar-refractivity contribution >= 4 is 0 Å². The third-order valence-electron chi connectivity index (χ3n) is 5.42. The molecule has 0 spiro atoms. The van der Waals surface area contributed by atoms with Gasteiger partial charge in [0.2, 0.25) is 0 Å². The van der Waals surface area contributed by atoms with Crippen LogP contribution in [0.5, 0.6) is 0 Å². The first-order valence-electron chi connectivity index (χ1n) is 8.81. The van der Waals surface area contributed by atoms with E-state index in [-0.39, 0.29) is 0 Å². The molecule has 2 aliphatic rings. The molecule has 2 aromatic rings. The number of aromatic nitrogens is 5. The molecule has 1 saturated heterocycles. The molecule has 2 fully saturated rings. The first-order valence-corrected chi connectivity index (χ1v) is 8.81. The zero-order chi connectivity index (χ0) is 15.8. The minimum absolute atomic E-state index is 0.393. The van der Waals surface area contributed by atoms with Gasteiger partial charge in [0.05, 0.1) is 12.2 Å². The van der Waals surface area contributed by atoms with Crippen LogP contribution in [-0.2, 0) is 20.1 Å². The van der Waals surface area contributed by atoms with Crippen LogP contribution < -0.4 is 0 Å². The highest BCUT2D eigenvalue weighted by Crippen LogP contribution is 2.34. The van der Waals surface area contributed by atoms with Crippen molar-refractivity contribution in [2.75, 3.05) is 6.54 Å². The highest BCUT2D eigenvalue weighted by Gasteiger charge is 2.30. The van der Waals surface area contributed by atoms with E-state index in [1.807, 2.05) is 24.3 Å². The topological polar surface area (TPSA) is 51.8 Å². The predicted octanol–water partition coefficient (Wildman–Crippen LogP) is 2.46. The van der Waals surface area contributed by atoms with E-state index in [9.17, 15) is 0 Å². The number of likely N-dealkylation sites (tertiary alicyclic amines) is 1. The Morgan fingerprint density at radius 3 is 2.83 bits per heavy atom. The first-order chi connectivity index (χ1) is 11.2. The van der Waals surface area contributed by atoms with Crippen molar-refractivity contribution in [2.24, 2.45) is 13.0 Å². The molecule has 1 atom stereocenters. The average Bonchev–Trinajstić information content (AvgIpc) is 3.17. The van der Waals surface area contributed by atoms with E-state index < -0.39 is 0 Å². The smallest absolute Gasteiger partial charge is 0.150 e. The van der Waals surface area contributed by atoms with Crippen molar-refractivity contribution in [2.45, 2.75) is 58.2 Å². The SMILES string of the molecule is Cc1c(CN2CCCCC2c2nncn2CC2CC2)cnn1C. The molecular weight excluding hydrogens is 288 g/mol. The van der Waals surface area contributed by atoms with Crippen LogP contribution in [0.3, 0.4) is 0 Å². The minimum atomic E-state index is 0.393. The molecule has 0 aromatic carbocycles. The summed E-state index contributed by atoms with van der Waals surface area (Å²) < 4.78 is 4.26. The molecule has 3 heterocycles. The van der Waals surface area contributed by atoms with Gasteiger partial charge in [0.15, 0.2) is 0 Å². The fraction of sp³-hybridized carbons (Fsp3) is 0.706. The van der Waals surface area contributed by atoms with Gasteiger partial charge in [0.25, 0.3) is 0 Å². The fourth-order valence-corrected chi connectivity index (χ4v) is 3.63. The summed E-state index contributed by atoms with van der Waals surface area (Å²) in [5, 5.41) is 13.1. The van der Waals surface area contributed by atoms with Crippen LogP contribution >= 0.6 is 0 Å². The largest absolute Gasteiger partial charge is 0.316 e. The Bertz CT molecular complexity index is 668. The van der Waals surface area contributed by atoms with Gasteiger partial charge in [-0.2, -0.15) is 5.10 Å². The summed E-state index contributed by atoms with van der Waals surface area (Å²) in [5.74, 6) is 2.01. The number of hydrogen-bond donors (Lipinski definition) is 0. The van der Waals surface area contributed by atoms with Crippen LogP contribution in [0.4, 0.5) is 0 Å². The van der Waals surface area contributed by atoms with Gasteiger partial charge in [-0.25, -0.2) is 0 Å². The number of piperidine rings is 1. The summed E-state index contributed by atoms with van der Waals surface area (Å²) in [6.45, 7) is 5.34. The van der Waals surface area contributed by atoms with E-state index in [4.69, 9.17) is 0 Å². The second kappa shape index (κ2) is 6.07. The molecule has 0 bridgehead atoms. The van der Waals surface area contributed by atoms with E-state index in [1.54, 1.807) is 0 Å². The lowest BCUT2D eigenvalue weighted by atomic mass is 10.0. The zero-order valence-electron chi connectivity index (χ0n) is 14.1. The summed E-state index contributed by atoms with van der Waals surface area (Å²) in [4.78, 5) is 2.57. The summed E-state index contributed by atoms with van der Waals surface area (Å²) in [6.07, 6.45) is 10.4. The Kier molecular flexibility index (Phi) is 3.93. The van der Waals surface area contributed by atoms with Gasteiger partial charge in [-0.05, 0) is 45.1 Å². The summed E-state index contributed by atoms with van der Waals surface area (Å²) in [5.41, 5.74) is 2.58. The molecular formula is C17H26N6. The van der Waals surface area contributed by atoms with Crippen LogP contribution in [0.25, 0.3) is 0 Å². The molecule has 1 aliphatic carbocycles. The summed E-state index contributed by atoms with van der Waals surface area (Å²) in [7, 11) is 2.01. The van der Waals surface area contributed by atoms with Gasteiger partial charge in [-0.3, -0.25) is 9.58 Å². The minimum Gasteiger partial charge on any atom is -0.316 e. The molecule has 2 aromatic heterocycles. The third-order valence-corrected chi connectivity index (χ3v) is 5.42. The Morgan fingerprint density at radius 1 is 1.22 bits per heavy atom. The van der Waals surface area contributed by atoms with Crippen molar-refractivity contribution in [3.05, 3.63) is 29.6 Å². The molecule has 23 heavy (non-hydrogen) atoms. The van der Waals surface area contributed by atoms with Gasteiger partial charge in [0.1, 0.15) is 12.2 Å². The lowest BCUT2D eigenvalue weighted by Crippen LogP contribution is -2.34. The molecule has 6 heteroatoms. The fourth-order valence-electron chi connectivity index (χ4n) is 3.63. The van der Waals surface area contributed by atoms with Crippen molar-refractivity contribution in [3.63, 3.8) is 0 Å². The van der Waals surface area contributed by atoms with E-state index in [2.05, 4.69) is 31.7 Å². The molecule has 1 aliphatic heterocycles. The molecule has 1 saturated carbocycles. The van der Waals surface area contributed by atoms with E-state index in [0.717, 1.165) is 31.4 Å². The molecule has 1 unspecified atom stereocenters. The van der Waals surface area contributed by atoms with E-state index in [0.29, 0.717) is 6.04 Å². The number of aryl methyl sites for hydroxylation is 1. The van der Waals surface area contributed by atoms with Crippen LogP contribution in [0.15, 0.2) is 12.5 Å². The lowest BCUT2D eigenvalue weighted by Gasteiger charge is -2.35. The van der Waals surface area contributed by atoms with Gasteiger partial charge < -0.3 is 4.57 Å². The van der Waals surface area contributed by atoms with E-state index >= 15 is 0 Å². The molecule has 6 nitrogen and oxygen atoms in total. The van der Waals surface area contributed by atoms with Crippen LogP contribution in [-0.4, -0.2) is 36.0 Å². The highest BCUT2D eigenvalue weighted by molar-refractivity contribution is 5.16. The van der Waals surface area contributed by atoms with Gasteiger partial charge in [-0.15, -0.1) is 10.2 Å². The maximum absolute atomic E-state index is 4.49. The second-order valence-electron chi connectivity index (χ2n) is 7.15. The number of nitrogens with zero attached hydrogens (tertiary/aromatic N) is 6. The second-order valence-corrected chi connectivity index (χ2v) is 7.15. The predicted molar refractivity (Wildman–Crippen MR) is 87.7 cm³/mol. The summed E-state index contributed by atoms with van der Waals surface area (Å²) in [6, 6.07) is 0.393. The van der Waals surface area contributed by atoms with Crippen LogP contribution in [0.1, 0.15) is 55.2 Å². The Balaban J connectivity index is 1.55. The highest BCUT2D eigenvalue weighted by atomic mass is 15.3. The van der Waals surface area contributed by atoms with Gasteiger partial charge in [0, 0.05) is 31.4 Å². The molecule has 0 N–H and O–H groups in total. The van der Waals surface area contributed by atoms with Gasteiger partial charge >= 0.3 is 0 Å². The van der Waals surface area contributed by atoms with Crippen LogP contribution in [0.2, 0.25) is 0 Å².